The summed E-state index contributed by atoms with van der Waals surface area (Å²) in [5.41, 5.74) is -0.536. The second kappa shape index (κ2) is 2.93. The summed E-state index contributed by atoms with van der Waals surface area (Å²) in [5.74, 6) is -2.31. The van der Waals surface area contributed by atoms with Gasteiger partial charge in [-0.2, -0.15) is 5.26 Å². The van der Waals surface area contributed by atoms with E-state index in [1.54, 1.807) is 0 Å². The summed E-state index contributed by atoms with van der Waals surface area (Å²) >= 11 is 2.72. The van der Waals surface area contributed by atoms with Crippen molar-refractivity contribution in [3.63, 3.8) is 0 Å². The van der Waals surface area contributed by atoms with Gasteiger partial charge in [0.1, 0.15) is 6.07 Å². The first kappa shape index (κ1) is 8.08. The van der Waals surface area contributed by atoms with E-state index >= 15 is 0 Å². The molecule has 0 aromatic carbocycles. The SMILES string of the molecule is N#Cc1ncc(Br)c(F)c1F. The van der Waals surface area contributed by atoms with Crippen LogP contribution >= 0.6 is 15.9 Å². The van der Waals surface area contributed by atoms with Gasteiger partial charge in [0.05, 0.1) is 4.47 Å². The number of rotatable bonds is 0. The first-order chi connectivity index (χ1) is 5.16. The van der Waals surface area contributed by atoms with Crippen molar-refractivity contribution in [3.05, 3.63) is 28.0 Å². The lowest BCUT2D eigenvalue weighted by molar-refractivity contribution is 0.496. The third-order valence-corrected chi connectivity index (χ3v) is 1.58. The van der Waals surface area contributed by atoms with Gasteiger partial charge >= 0.3 is 0 Å². The molecule has 2 nitrogen and oxygen atoms in total. The van der Waals surface area contributed by atoms with Gasteiger partial charge in [-0.1, -0.05) is 0 Å². The molecule has 0 N–H and O–H groups in total. The highest BCUT2D eigenvalue weighted by Gasteiger charge is 2.11. The van der Waals surface area contributed by atoms with Crippen LogP contribution < -0.4 is 0 Å². The first-order valence-electron chi connectivity index (χ1n) is 2.56. The largest absolute Gasteiger partial charge is 0.241 e. The number of nitrogens with zero attached hydrogens (tertiary/aromatic N) is 2. The molecule has 1 heterocycles. The summed E-state index contributed by atoms with van der Waals surface area (Å²) in [4.78, 5) is 3.33. The Balaban J connectivity index is 3.40. The molecule has 1 aromatic rings. The molecular formula is C6HBrF2N2. The number of halogens is 3. The normalized spacial score (nSPS) is 9.27. The second-order valence-corrected chi connectivity index (χ2v) is 2.55. The van der Waals surface area contributed by atoms with E-state index in [0.29, 0.717) is 0 Å². The first-order valence-corrected chi connectivity index (χ1v) is 3.35. The Morgan fingerprint density at radius 2 is 2.09 bits per heavy atom. The summed E-state index contributed by atoms with van der Waals surface area (Å²) < 4.78 is 25.0. The van der Waals surface area contributed by atoms with E-state index in [1.165, 1.54) is 6.07 Å². The van der Waals surface area contributed by atoms with E-state index in [0.717, 1.165) is 6.20 Å². The second-order valence-electron chi connectivity index (χ2n) is 1.69. The minimum absolute atomic E-state index is 0.0889. The zero-order valence-electron chi connectivity index (χ0n) is 5.11. The van der Waals surface area contributed by atoms with Gasteiger partial charge in [0.15, 0.2) is 17.3 Å². The molecule has 0 aliphatic carbocycles. The zero-order chi connectivity index (χ0) is 8.43. The van der Waals surface area contributed by atoms with Crippen LogP contribution in [-0.4, -0.2) is 4.98 Å². The summed E-state index contributed by atoms with van der Waals surface area (Å²) in [5, 5.41) is 8.20. The molecule has 0 atom stereocenters. The van der Waals surface area contributed by atoms with Crippen molar-refractivity contribution in [2.24, 2.45) is 0 Å². The Morgan fingerprint density at radius 3 is 2.64 bits per heavy atom. The predicted octanol–water partition coefficient (Wildman–Crippen LogP) is 1.99. The molecule has 1 aromatic heterocycles. The number of hydrogen-bond acceptors (Lipinski definition) is 2. The molecule has 0 spiro atoms. The van der Waals surface area contributed by atoms with Crippen LogP contribution in [0.5, 0.6) is 0 Å². The lowest BCUT2D eigenvalue weighted by atomic mass is 10.3. The summed E-state index contributed by atoms with van der Waals surface area (Å²) in [6.07, 6.45) is 1.04. The molecule has 1 rings (SSSR count). The Hall–Kier alpha value is -1.02. The van der Waals surface area contributed by atoms with Crippen molar-refractivity contribution in [2.75, 3.05) is 0 Å². The lowest BCUT2D eigenvalue weighted by Gasteiger charge is -1.95. The maximum Gasteiger partial charge on any atom is 0.196 e. The van der Waals surface area contributed by atoms with Gasteiger partial charge < -0.3 is 0 Å². The molecule has 0 saturated carbocycles. The fourth-order valence-corrected chi connectivity index (χ4v) is 0.798. The summed E-state index contributed by atoms with van der Waals surface area (Å²) in [7, 11) is 0. The highest BCUT2D eigenvalue weighted by molar-refractivity contribution is 9.10. The minimum Gasteiger partial charge on any atom is -0.241 e. The van der Waals surface area contributed by atoms with Crippen LogP contribution in [0.3, 0.4) is 0 Å². The standard InChI is InChI=1S/C6HBrF2N2/c7-3-2-11-4(1-10)6(9)5(3)8/h2H. The molecule has 0 unspecified atom stereocenters. The van der Waals surface area contributed by atoms with Crippen molar-refractivity contribution in [2.45, 2.75) is 0 Å². The molecule has 0 saturated heterocycles. The third-order valence-electron chi connectivity index (χ3n) is 1.02. The van der Waals surface area contributed by atoms with Crippen molar-refractivity contribution < 1.29 is 8.78 Å². The van der Waals surface area contributed by atoms with Crippen LogP contribution in [0.25, 0.3) is 0 Å². The van der Waals surface area contributed by atoms with Gasteiger partial charge in [0.25, 0.3) is 0 Å². The fourth-order valence-electron chi connectivity index (χ4n) is 0.521. The quantitative estimate of drug-likeness (QED) is 0.668. The van der Waals surface area contributed by atoms with Gasteiger partial charge in [-0.3, -0.25) is 0 Å². The van der Waals surface area contributed by atoms with Crippen LogP contribution in [0.2, 0.25) is 0 Å². The smallest absolute Gasteiger partial charge is 0.196 e. The minimum atomic E-state index is -1.22. The van der Waals surface area contributed by atoms with Crippen molar-refractivity contribution in [1.82, 2.24) is 4.98 Å². The van der Waals surface area contributed by atoms with E-state index in [9.17, 15) is 8.78 Å². The van der Waals surface area contributed by atoms with E-state index in [2.05, 4.69) is 20.9 Å². The van der Waals surface area contributed by atoms with Crippen molar-refractivity contribution in [3.8, 4) is 6.07 Å². The van der Waals surface area contributed by atoms with Gasteiger partial charge in [-0.25, -0.2) is 13.8 Å². The van der Waals surface area contributed by atoms with E-state index in [4.69, 9.17) is 5.26 Å². The fraction of sp³-hybridized carbons (Fsp3) is 0. The molecule has 0 fully saturated rings. The number of pyridine rings is 1. The van der Waals surface area contributed by atoms with E-state index < -0.39 is 17.3 Å². The molecule has 0 bridgehead atoms. The molecular weight excluding hydrogens is 218 g/mol. The van der Waals surface area contributed by atoms with Crippen LogP contribution in [0.15, 0.2) is 10.7 Å². The molecule has 0 amide bonds. The third kappa shape index (κ3) is 1.35. The Kier molecular flexibility index (Phi) is 2.15. The monoisotopic (exact) mass is 218 g/mol. The maximum atomic E-state index is 12.6. The highest BCUT2D eigenvalue weighted by Crippen LogP contribution is 2.17. The molecule has 0 aliphatic heterocycles. The molecule has 0 aliphatic rings. The highest BCUT2D eigenvalue weighted by atomic mass is 79.9. The number of hydrogen-bond donors (Lipinski definition) is 0. The summed E-state index contributed by atoms with van der Waals surface area (Å²) in [6, 6.07) is 1.42. The molecule has 11 heavy (non-hydrogen) atoms. The van der Waals surface area contributed by atoms with E-state index in [1.807, 2.05) is 0 Å². The predicted molar refractivity (Wildman–Crippen MR) is 36.6 cm³/mol. The Bertz CT molecular complexity index is 332. The Labute approximate surface area is 69.6 Å². The zero-order valence-corrected chi connectivity index (χ0v) is 6.69. The molecule has 5 heteroatoms. The lowest BCUT2D eigenvalue weighted by Crippen LogP contribution is -1.94. The Morgan fingerprint density at radius 1 is 1.45 bits per heavy atom. The molecule has 0 radical (unpaired) electrons. The van der Waals surface area contributed by atoms with Crippen molar-refractivity contribution >= 4 is 15.9 Å². The van der Waals surface area contributed by atoms with Gasteiger partial charge in [0.2, 0.25) is 0 Å². The number of aromatic nitrogens is 1. The van der Waals surface area contributed by atoms with Gasteiger partial charge in [-0.15, -0.1) is 0 Å². The van der Waals surface area contributed by atoms with Crippen molar-refractivity contribution in [1.29, 1.82) is 5.26 Å². The van der Waals surface area contributed by atoms with Crippen LogP contribution in [0.4, 0.5) is 8.78 Å². The maximum absolute atomic E-state index is 12.6. The average molecular weight is 219 g/mol. The molecule has 56 valence electrons. The van der Waals surface area contributed by atoms with Crippen LogP contribution in [0.1, 0.15) is 5.69 Å². The number of nitriles is 1. The topological polar surface area (TPSA) is 36.7 Å². The van der Waals surface area contributed by atoms with Gasteiger partial charge in [-0.05, 0) is 15.9 Å². The van der Waals surface area contributed by atoms with E-state index in [-0.39, 0.29) is 4.47 Å². The average Bonchev–Trinajstić information content (AvgIpc) is 2.01. The van der Waals surface area contributed by atoms with Gasteiger partial charge in [0, 0.05) is 6.20 Å². The van der Waals surface area contributed by atoms with Crippen LogP contribution in [0, 0.1) is 23.0 Å². The van der Waals surface area contributed by atoms with Crippen LogP contribution in [-0.2, 0) is 0 Å². The summed E-state index contributed by atoms with van der Waals surface area (Å²) in [6.45, 7) is 0.